The molecule has 0 bridgehead atoms. The first-order chi connectivity index (χ1) is 11.5. The summed E-state index contributed by atoms with van der Waals surface area (Å²) in [6.45, 7) is 2.67. The van der Waals surface area contributed by atoms with Crippen molar-refractivity contribution < 1.29 is 9.53 Å². The number of aryl methyl sites for hydroxylation is 1. The zero-order chi connectivity index (χ0) is 17.2. The number of anilines is 1. The van der Waals surface area contributed by atoms with Gasteiger partial charge < -0.3 is 15.0 Å². The van der Waals surface area contributed by atoms with Crippen LogP contribution in [0.5, 0.6) is 0 Å². The van der Waals surface area contributed by atoms with Gasteiger partial charge in [-0.15, -0.1) is 0 Å². The van der Waals surface area contributed by atoms with E-state index in [9.17, 15) is 4.79 Å². The molecule has 1 saturated carbocycles. The lowest BCUT2D eigenvalue weighted by molar-refractivity contribution is 0.108. The van der Waals surface area contributed by atoms with Crippen molar-refractivity contribution in [1.82, 2.24) is 4.90 Å². The fourth-order valence-electron chi connectivity index (χ4n) is 2.90. The first-order valence-corrected chi connectivity index (χ1v) is 8.25. The van der Waals surface area contributed by atoms with Gasteiger partial charge in [0.05, 0.1) is 12.1 Å². The van der Waals surface area contributed by atoms with E-state index in [4.69, 9.17) is 4.74 Å². The Bertz CT molecular complexity index is 703. The van der Waals surface area contributed by atoms with Crippen molar-refractivity contribution in [3.05, 3.63) is 54.1 Å². The molecule has 1 fully saturated rings. The van der Waals surface area contributed by atoms with Gasteiger partial charge >= 0.3 is 6.03 Å². The second-order valence-corrected chi connectivity index (χ2v) is 6.59. The molecule has 3 rings (SSSR count). The van der Waals surface area contributed by atoms with Crippen LogP contribution in [0.4, 0.5) is 10.5 Å². The lowest BCUT2D eigenvalue weighted by Crippen LogP contribution is -2.44. The molecule has 1 aliphatic rings. The van der Waals surface area contributed by atoms with E-state index in [0.717, 1.165) is 24.1 Å². The summed E-state index contributed by atoms with van der Waals surface area (Å²) in [7, 11) is 3.51. The summed E-state index contributed by atoms with van der Waals surface area (Å²) in [5, 5.41) is 2.97. The molecule has 0 unspecified atom stereocenters. The number of methoxy groups -OCH3 is 1. The summed E-state index contributed by atoms with van der Waals surface area (Å²) in [5.74, 6) is 0. The molecule has 1 N–H and O–H groups in total. The Labute approximate surface area is 143 Å². The normalized spacial score (nSPS) is 15.0. The number of nitrogens with one attached hydrogen (secondary N) is 1. The molecule has 0 aromatic heterocycles. The van der Waals surface area contributed by atoms with Gasteiger partial charge in [-0.1, -0.05) is 42.0 Å². The monoisotopic (exact) mass is 324 g/mol. The molecule has 0 aliphatic heterocycles. The molecule has 4 heteroatoms. The number of ether oxygens (including phenoxy) is 1. The summed E-state index contributed by atoms with van der Waals surface area (Å²) in [6.07, 6.45) is 1.99. The van der Waals surface area contributed by atoms with Crippen LogP contribution in [0.2, 0.25) is 0 Å². The molecule has 0 radical (unpaired) electrons. The Morgan fingerprint density at radius 1 is 1.08 bits per heavy atom. The molecular formula is C20H24N2O2. The van der Waals surface area contributed by atoms with E-state index in [1.165, 1.54) is 11.1 Å². The average molecular weight is 324 g/mol. The van der Waals surface area contributed by atoms with Crippen molar-refractivity contribution in [2.24, 2.45) is 0 Å². The predicted octanol–water partition coefficient (Wildman–Crippen LogP) is 4.30. The molecular weight excluding hydrogens is 300 g/mol. The van der Waals surface area contributed by atoms with Crippen molar-refractivity contribution in [2.45, 2.75) is 25.3 Å². The number of nitrogens with zero attached hydrogens (tertiary/aromatic N) is 1. The molecule has 0 atom stereocenters. The summed E-state index contributed by atoms with van der Waals surface area (Å²) in [4.78, 5) is 14.2. The number of amides is 2. The van der Waals surface area contributed by atoms with Crippen LogP contribution < -0.4 is 5.32 Å². The highest BCUT2D eigenvalue weighted by molar-refractivity contribution is 5.90. The predicted molar refractivity (Wildman–Crippen MR) is 97.2 cm³/mol. The van der Waals surface area contributed by atoms with E-state index in [2.05, 4.69) is 36.5 Å². The molecule has 126 valence electrons. The number of rotatable bonds is 5. The molecule has 2 amide bonds. The number of likely N-dealkylation sites (N-methyl/N-ethyl adjacent to an activating group) is 1. The SMILES string of the molecule is COCC1(N(C)C(=O)Nc2ccc(-c3ccc(C)cc3)cc2)CC1. The number of carbonyl (C=O) groups is 1. The second-order valence-electron chi connectivity index (χ2n) is 6.59. The highest BCUT2D eigenvalue weighted by Crippen LogP contribution is 2.41. The van der Waals surface area contributed by atoms with Crippen LogP contribution in [0.25, 0.3) is 11.1 Å². The molecule has 1 aliphatic carbocycles. The van der Waals surface area contributed by atoms with Gasteiger partial charge in [-0.3, -0.25) is 0 Å². The first kappa shape index (κ1) is 16.5. The average Bonchev–Trinajstić information content (AvgIpc) is 3.37. The summed E-state index contributed by atoms with van der Waals surface area (Å²) in [6, 6.07) is 16.3. The number of hydrogen-bond acceptors (Lipinski definition) is 2. The fourth-order valence-corrected chi connectivity index (χ4v) is 2.90. The largest absolute Gasteiger partial charge is 0.382 e. The van der Waals surface area contributed by atoms with E-state index >= 15 is 0 Å². The van der Waals surface area contributed by atoms with Crippen molar-refractivity contribution >= 4 is 11.7 Å². The minimum absolute atomic E-state index is 0.0902. The lowest BCUT2D eigenvalue weighted by Gasteiger charge is -2.27. The van der Waals surface area contributed by atoms with Gasteiger partial charge in [0, 0.05) is 19.8 Å². The van der Waals surface area contributed by atoms with Gasteiger partial charge in [0.25, 0.3) is 0 Å². The Morgan fingerprint density at radius 3 is 2.12 bits per heavy atom. The van der Waals surface area contributed by atoms with E-state index in [0.29, 0.717) is 6.61 Å². The minimum atomic E-state index is -0.124. The summed E-state index contributed by atoms with van der Waals surface area (Å²) < 4.78 is 5.24. The standard InChI is InChI=1S/C20H24N2O2/c1-15-4-6-16(7-5-15)17-8-10-18(11-9-17)21-19(23)22(2)20(12-13-20)14-24-3/h4-11H,12-14H2,1-3H3,(H,21,23). The van der Waals surface area contributed by atoms with Crippen molar-refractivity contribution in [2.75, 3.05) is 26.1 Å². The van der Waals surface area contributed by atoms with Gasteiger partial charge in [0.15, 0.2) is 0 Å². The van der Waals surface area contributed by atoms with Crippen LogP contribution in [0.15, 0.2) is 48.5 Å². The van der Waals surface area contributed by atoms with Gasteiger partial charge in [0.2, 0.25) is 0 Å². The van der Waals surface area contributed by atoms with Crippen LogP contribution >= 0.6 is 0 Å². The van der Waals surface area contributed by atoms with Crippen molar-refractivity contribution in [1.29, 1.82) is 0 Å². The van der Waals surface area contributed by atoms with Crippen molar-refractivity contribution in [3.63, 3.8) is 0 Å². The molecule has 0 saturated heterocycles. The third-order valence-corrected chi connectivity index (χ3v) is 4.78. The van der Waals surface area contributed by atoms with Crippen LogP contribution in [0.1, 0.15) is 18.4 Å². The molecule has 0 spiro atoms. The Kier molecular flexibility index (Phi) is 4.58. The topological polar surface area (TPSA) is 41.6 Å². The summed E-state index contributed by atoms with van der Waals surface area (Å²) >= 11 is 0. The Morgan fingerprint density at radius 2 is 1.62 bits per heavy atom. The molecule has 2 aromatic rings. The quantitative estimate of drug-likeness (QED) is 0.890. The highest BCUT2D eigenvalue weighted by Gasteiger charge is 2.48. The van der Waals surface area contributed by atoms with Crippen LogP contribution in [-0.4, -0.2) is 37.2 Å². The zero-order valence-corrected chi connectivity index (χ0v) is 14.5. The van der Waals surface area contributed by atoms with E-state index < -0.39 is 0 Å². The first-order valence-electron chi connectivity index (χ1n) is 8.25. The number of carbonyl (C=O) groups excluding carboxylic acids is 1. The van der Waals surface area contributed by atoms with E-state index in [1.807, 2.05) is 31.3 Å². The second kappa shape index (κ2) is 6.65. The molecule has 2 aromatic carbocycles. The van der Waals surface area contributed by atoms with Gasteiger partial charge in [0.1, 0.15) is 0 Å². The van der Waals surface area contributed by atoms with Crippen LogP contribution in [-0.2, 0) is 4.74 Å². The van der Waals surface area contributed by atoms with Gasteiger partial charge in [-0.05, 0) is 43.0 Å². The number of benzene rings is 2. The molecule has 0 heterocycles. The fraction of sp³-hybridized carbons (Fsp3) is 0.350. The smallest absolute Gasteiger partial charge is 0.322 e. The Hall–Kier alpha value is -2.33. The molecule has 4 nitrogen and oxygen atoms in total. The third-order valence-electron chi connectivity index (χ3n) is 4.78. The summed E-state index contributed by atoms with van der Waals surface area (Å²) in [5.41, 5.74) is 4.24. The lowest BCUT2D eigenvalue weighted by atomic mass is 10.0. The minimum Gasteiger partial charge on any atom is -0.382 e. The number of urea groups is 1. The Balaban J connectivity index is 1.66. The van der Waals surface area contributed by atoms with Crippen molar-refractivity contribution in [3.8, 4) is 11.1 Å². The zero-order valence-electron chi connectivity index (χ0n) is 14.5. The molecule has 24 heavy (non-hydrogen) atoms. The third kappa shape index (κ3) is 3.44. The van der Waals surface area contributed by atoms with Crippen LogP contribution in [0, 0.1) is 6.92 Å². The van der Waals surface area contributed by atoms with E-state index in [-0.39, 0.29) is 11.6 Å². The van der Waals surface area contributed by atoms with Gasteiger partial charge in [-0.25, -0.2) is 4.79 Å². The maximum absolute atomic E-state index is 12.4. The van der Waals surface area contributed by atoms with E-state index in [1.54, 1.807) is 12.0 Å². The highest BCUT2D eigenvalue weighted by atomic mass is 16.5. The van der Waals surface area contributed by atoms with Gasteiger partial charge in [-0.2, -0.15) is 0 Å². The number of hydrogen-bond donors (Lipinski definition) is 1. The van der Waals surface area contributed by atoms with Crippen LogP contribution in [0.3, 0.4) is 0 Å². The maximum atomic E-state index is 12.4. The maximum Gasteiger partial charge on any atom is 0.322 e.